The van der Waals surface area contributed by atoms with Crippen molar-refractivity contribution >= 4 is 11.9 Å². The topological polar surface area (TPSA) is 95.9 Å². The fraction of sp³-hybridized carbons (Fsp3) is 0.852. The minimum Gasteiger partial charge on any atom is -0.462 e. The largest absolute Gasteiger partial charge is 0.462 e. The number of amides is 1. The lowest BCUT2D eigenvalue weighted by atomic mass is 10.0. The number of esters is 1. The van der Waals surface area contributed by atoms with Gasteiger partial charge in [0.1, 0.15) is 6.10 Å². The van der Waals surface area contributed by atoms with Gasteiger partial charge in [0.05, 0.1) is 25.2 Å². The highest BCUT2D eigenvalue weighted by molar-refractivity contribution is 5.77. The number of nitrogens with one attached hydrogen (secondary N) is 1. The number of carbonyl (C=O) groups is 2. The lowest BCUT2D eigenvalue weighted by Gasteiger charge is -2.24. The summed E-state index contributed by atoms with van der Waals surface area (Å²) >= 11 is 0. The molecule has 0 rings (SSSR count). The number of aliphatic hydroxyl groups excluding tert-OH is 2. The Morgan fingerprint density at radius 1 is 0.483 bits per heavy atom. The summed E-state index contributed by atoms with van der Waals surface area (Å²) in [4.78, 5) is 26.1. The van der Waals surface area contributed by atoms with E-state index in [1.165, 1.54) is 148 Å². The SMILES string of the molecule is CCCCCCCCC/C=C/C=C/CCCCCC(=O)OC(CCCCC/C=C/CCCCCCCCCCC)CC(=O)NC(CO)C(O)CCCCCCCCCCC. The second-order valence-corrected chi connectivity index (χ2v) is 17.9. The Morgan fingerprint density at radius 3 is 1.30 bits per heavy atom. The summed E-state index contributed by atoms with van der Waals surface area (Å²) in [7, 11) is 0. The van der Waals surface area contributed by atoms with Crippen molar-refractivity contribution in [1.29, 1.82) is 0 Å². The quantitative estimate of drug-likeness (QED) is 0.0245. The van der Waals surface area contributed by atoms with Crippen LogP contribution in [0.2, 0.25) is 0 Å². The molecule has 6 nitrogen and oxygen atoms in total. The number of aliphatic hydroxyl groups is 2. The molecular formula is C54H101NO5. The lowest BCUT2D eigenvalue weighted by Crippen LogP contribution is -2.46. The van der Waals surface area contributed by atoms with E-state index in [0.717, 1.165) is 77.0 Å². The van der Waals surface area contributed by atoms with Gasteiger partial charge in [0, 0.05) is 6.42 Å². The number of unbranched alkanes of at least 4 members (excludes halogenated alkanes) is 30. The van der Waals surface area contributed by atoms with Gasteiger partial charge in [-0.1, -0.05) is 218 Å². The standard InChI is InChI=1S/C54H101NO5/c1-4-7-10-13-16-19-21-23-25-27-29-31-34-36-39-42-45-50(48-53(58)55-51(49-56)52(57)46-43-40-37-33-18-15-12-9-6-3)60-54(59)47-44-41-38-35-32-30-28-26-24-22-20-17-14-11-8-5-2/h26,28-32,50-52,56-57H,4-25,27,33-49H2,1-3H3,(H,55,58)/b28-26+,31-29+,32-30+. The third-order valence-corrected chi connectivity index (χ3v) is 12.0. The second kappa shape index (κ2) is 48.1. The van der Waals surface area contributed by atoms with E-state index >= 15 is 0 Å². The van der Waals surface area contributed by atoms with Crippen molar-refractivity contribution in [3.8, 4) is 0 Å². The highest BCUT2D eigenvalue weighted by Gasteiger charge is 2.24. The molecule has 6 heteroatoms. The van der Waals surface area contributed by atoms with Gasteiger partial charge in [-0.05, 0) is 77.0 Å². The molecule has 0 bridgehead atoms. The first-order valence-corrected chi connectivity index (χ1v) is 26.2. The lowest BCUT2D eigenvalue weighted by molar-refractivity contribution is -0.151. The Hall–Kier alpha value is -1.92. The maximum absolute atomic E-state index is 13.2. The number of hydrogen-bond donors (Lipinski definition) is 3. The van der Waals surface area contributed by atoms with Crippen molar-refractivity contribution in [2.45, 2.75) is 289 Å². The van der Waals surface area contributed by atoms with Crippen LogP contribution in [0.5, 0.6) is 0 Å². The molecule has 0 saturated carbocycles. The van der Waals surface area contributed by atoms with Crippen molar-refractivity contribution in [3.63, 3.8) is 0 Å². The predicted octanol–water partition coefficient (Wildman–Crippen LogP) is 15.7. The first-order valence-electron chi connectivity index (χ1n) is 26.2. The summed E-state index contributed by atoms with van der Waals surface area (Å²) in [5.74, 6) is -0.513. The van der Waals surface area contributed by atoms with Crippen LogP contribution in [0, 0.1) is 0 Å². The second-order valence-electron chi connectivity index (χ2n) is 17.9. The zero-order valence-electron chi connectivity index (χ0n) is 40.1. The zero-order chi connectivity index (χ0) is 43.8. The van der Waals surface area contributed by atoms with Crippen molar-refractivity contribution in [2.24, 2.45) is 0 Å². The Bertz CT molecular complexity index is 993. The van der Waals surface area contributed by atoms with E-state index in [9.17, 15) is 19.8 Å². The Balaban J connectivity index is 4.63. The van der Waals surface area contributed by atoms with Crippen molar-refractivity contribution in [1.82, 2.24) is 5.32 Å². The number of rotatable bonds is 47. The van der Waals surface area contributed by atoms with E-state index in [1.807, 2.05) is 0 Å². The minimum atomic E-state index is -0.793. The van der Waals surface area contributed by atoms with Crippen LogP contribution < -0.4 is 5.32 Å². The van der Waals surface area contributed by atoms with Crippen LogP contribution in [-0.4, -0.2) is 46.9 Å². The van der Waals surface area contributed by atoms with E-state index in [0.29, 0.717) is 19.3 Å². The van der Waals surface area contributed by atoms with Gasteiger partial charge in [-0.25, -0.2) is 0 Å². The third kappa shape index (κ3) is 42.8. The van der Waals surface area contributed by atoms with Crippen molar-refractivity contribution in [2.75, 3.05) is 6.61 Å². The van der Waals surface area contributed by atoms with Crippen LogP contribution in [0.15, 0.2) is 36.5 Å². The molecule has 0 heterocycles. The molecule has 0 aliphatic heterocycles. The molecule has 0 aromatic rings. The Labute approximate surface area is 373 Å². The van der Waals surface area contributed by atoms with Gasteiger partial charge < -0.3 is 20.3 Å². The maximum Gasteiger partial charge on any atom is 0.306 e. The summed E-state index contributed by atoms with van der Waals surface area (Å²) in [6.07, 6.45) is 56.4. The molecule has 3 unspecified atom stereocenters. The molecule has 0 aromatic heterocycles. The van der Waals surface area contributed by atoms with Crippen molar-refractivity contribution in [3.05, 3.63) is 36.5 Å². The molecule has 1 amide bonds. The summed E-state index contributed by atoms with van der Waals surface area (Å²) in [5.41, 5.74) is 0. The molecule has 3 N–H and O–H groups in total. The van der Waals surface area contributed by atoms with Crippen LogP contribution in [-0.2, 0) is 14.3 Å². The van der Waals surface area contributed by atoms with E-state index < -0.39 is 18.2 Å². The molecule has 3 atom stereocenters. The third-order valence-electron chi connectivity index (χ3n) is 12.0. The van der Waals surface area contributed by atoms with Crippen LogP contribution in [0.3, 0.4) is 0 Å². The van der Waals surface area contributed by atoms with Gasteiger partial charge >= 0.3 is 5.97 Å². The Kier molecular flexibility index (Phi) is 46.6. The van der Waals surface area contributed by atoms with Gasteiger partial charge in [0.25, 0.3) is 0 Å². The highest BCUT2D eigenvalue weighted by Crippen LogP contribution is 2.17. The van der Waals surface area contributed by atoms with Crippen LogP contribution in [0.1, 0.15) is 271 Å². The van der Waals surface area contributed by atoms with Gasteiger partial charge in [-0.3, -0.25) is 9.59 Å². The zero-order valence-corrected chi connectivity index (χ0v) is 40.1. The fourth-order valence-corrected chi connectivity index (χ4v) is 7.95. The first-order chi connectivity index (χ1) is 29.5. The van der Waals surface area contributed by atoms with Gasteiger partial charge in [0.2, 0.25) is 5.91 Å². The number of allylic oxidation sites excluding steroid dienone is 6. The van der Waals surface area contributed by atoms with Gasteiger partial charge in [0.15, 0.2) is 0 Å². The van der Waals surface area contributed by atoms with E-state index in [1.54, 1.807) is 0 Å². The summed E-state index contributed by atoms with van der Waals surface area (Å²) in [6, 6.07) is -0.708. The molecule has 0 saturated heterocycles. The molecule has 0 aliphatic carbocycles. The molecular weight excluding hydrogens is 743 g/mol. The highest BCUT2D eigenvalue weighted by atomic mass is 16.5. The normalized spacial score (nSPS) is 13.5. The van der Waals surface area contributed by atoms with Crippen LogP contribution in [0.4, 0.5) is 0 Å². The Morgan fingerprint density at radius 2 is 0.850 bits per heavy atom. The smallest absolute Gasteiger partial charge is 0.306 e. The predicted molar refractivity (Wildman–Crippen MR) is 259 cm³/mol. The molecule has 60 heavy (non-hydrogen) atoms. The number of hydrogen-bond acceptors (Lipinski definition) is 5. The van der Waals surface area contributed by atoms with Crippen LogP contribution in [0.25, 0.3) is 0 Å². The van der Waals surface area contributed by atoms with E-state index in [2.05, 4.69) is 62.5 Å². The molecule has 0 radical (unpaired) electrons. The summed E-state index contributed by atoms with van der Waals surface area (Å²) < 4.78 is 5.92. The fourth-order valence-electron chi connectivity index (χ4n) is 7.95. The van der Waals surface area contributed by atoms with Gasteiger partial charge in [-0.2, -0.15) is 0 Å². The maximum atomic E-state index is 13.2. The average Bonchev–Trinajstić information content (AvgIpc) is 3.24. The number of carbonyl (C=O) groups excluding carboxylic acids is 2. The molecule has 0 fully saturated rings. The first kappa shape index (κ1) is 58.1. The summed E-state index contributed by atoms with van der Waals surface area (Å²) in [5, 5.41) is 23.7. The monoisotopic (exact) mass is 844 g/mol. The molecule has 352 valence electrons. The van der Waals surface area contributed by atoms with E-state index in [-0.39, 0.29) is 24.9 Å². The van der Waals surface area contributed by atoms with E-state index in [4.69, 9.17) is 4.74 Å². The molecule has 0 spiro atoms. The average molecular weight is 844 g/mol. The van der Waals surface area contributed by atoms with Gasteiger partial charge in [-0.15, -0.1) is 0 Å². The molecule has 0 aliphatic rings. The summed E-state index contributed by atoms with van der Waals surface area (Å²) in [6.45, 7) is 6.46. The van der Waals surface area contributed by atoms with Crippen LogP contribution >= 0.6 is 0 Å². The molecule has 0 aromatic carbocycles. The minimum absolute atomic E-state index is 0.0584. The number of ether oxygens (including phenoxy) is 1. The van der Waals surface area contributed by atoms with Crippen molar-refractivity contribution < 1.29 is 24.5 Å².